The largest absolute Gasteiger partial charge is 0.457 e. The second kappa shape index (κ2) is 7.83. The van der Waals surface area contributed by atoms with Crippen LogP contribution in [0.4, 0.5) is 0 Å². The number of hydrogen-bond donors (Lipinski definition) is 1. The first-order valence-electron chi connectivity index (χ1n) is 7.03. The Hall–Kier alpha value is -1.03. The third-order valence-electron chi connectivity index (χ3n) is 3.13. The van der Waals surface area contributed by atoms with Gasteiger partial charge in [0.25, 0.3) is 0 Å². The van der Waals surface area contributed by atoms with E-state index in [-0.39, 0.29) is 0 Å². The lowest BCUT2D eigenvalue weighted by Gasteiger charge is -2.13. The highest BCUT2D eigenvalue weighted by molar-refractivity contribution is 9.10. The summed E-state index contributed by atoms with van der Waals surface area (Å²) in [7, 11) is 0. The summed E-state index contributed by atoms with van der Waals surface area (Å²) in [6, 6.07) is 11.8. The third kappa shape index (κ3) is 4.73. The van der Waals surface area contributed by atoms with Crippen LogP contribution in [-0.4, -0.2) is 6.54 Å². The topological polar surface area (TPSA) is 21.3 Å². The Morgan fingerprint density at radius 3 is 2.71 bits per heavy atom. The van der Waals surface area contributed by atoms with Crippen molar-refractivity contribution in [2.24, 2.45) is 0 Å². The predicted molar refractivity (Wildman–Crippen MR) is 92.4 cm³/mol. The molecule has 0 aliphatic rings. The standard InChI is InChI=1S/C17H19BrClNO/c1-3-8-20-11-13-4-5-14(18)10-17(13)21-15-6-7-16(19)12(2)9-15/h4-7,9-10,20H,3,8,11H2,1-2H3. The van der Waals surface area contributed by atoms with Crippen molar-refractivity contribution < 1.29 is 4.74 Å². The van der Waals surface area contributed by atoms with Crippen molar-refractivity contribution in [3.63, 3.8) is 0 Å². The van der Waals surface area contributed by atoms with E-state index in [1.54, 1.807) is 0 Å². The summed E-state index contributed by atoms with van der Waals surface area (Å²) in [5.41, 5.74) is 2.15. The highest BCUT2D eigenvalue weighted by atomic mass is 79.9. The normalized spacial score (nSPS) is 10.7. The van der Waals surface area contributed by atoms with Gasteiger partial charge in [-0.1, -0.05) is 40.5 Å². The summed E-state index contributed by atoms with van der Waals surface area (Å²) in [6.07, 6.45) is 1.11. The molecule has 0 bridgehead atoms. The molecular weight excluding hydrogens is 350 g/mol. The van der Waals surface area contributed by atoms with E-state index in [1.807, 2.05) is 37.3 Å². The van der Waals surface area contributed by atoms with Gasteiger partial charge < -0.3 is 10.1 Å². The molecule has 0 aromatic heterocycles. The molecular formula is C17H19BrClNO. The molecule has 112 valence electrons. The second-order valence-corrected chi connectivity index (χ2v) is 6.26. The fourth-order valence-corrected chi connectivity index (χ4v) is 2.43. The number of aryl methyl sites for hydroxylation is 1. The van der Waals surface area contributed by atoms with Crippen LogP contribution >= 0.6 is 27.5 Å². The first-order chi connectivity index (χ1) is 10.1. The van der Waals surface area contributed by atoms with Crippen LogP contribution in [0.1, 0.15) is 24.5 Å². The molecule has 2 aromatic rings. The number of ether oxygens (including phenoxy) is 1. The van der Waals surface area contributed by atoms with Crippen LogP contribution in [0.3, 0.4) is 0 Å². The molecule has 0 fully saturated rings. The number of nitrogens with one attached hydrogen (secondary N) is 1. The van der Waals surface area contributed by atoms with Crippen molar-refractivity contribution in [3.05, 3.63) is 57.0 Å². The molecule has 2 aromatic carbocycles. The molecule has 0 saturated heterocycles. The van der Waals surface area contributed by atoms with Crippen molar-refractivity contribution in [3.8, 4) is 11.5 Å². The number of halogens is 2. The van der Waals surface area contributed by atoms with Gasteiger partial charge in [-0.3, -0.25) is 0 Å². The zero-order valence-electron chi connectivity index (χ0n) is 12.2. The van der Waals surface area contributed by atoms with E-state index in [4.69, 9.17) is 16.3 Å². The average Bonchev–Trinajstić information content (AvgIpc) is 2.45. The van der Waals surface area contributed by atoms with Crippen LogP contribution in [0.15, 0.2) is 40.9 Å². The fourth-order valence-electron chi connectivity index (χ4n) is 1.98. The lowest BCUT2D eigenvalue weighted by Crippen LogP contribution is -2.14. The molecule has 21 heavy (non-hydrogen) atoms. The van der Waals surface area contributed by atoms with E-state index >= 15 is 0 Å². The minimum Gasteiger partial charge on any atom is -0.457 e. The monoisotopic (exact) mass is 367 g/mol. The Balaban J connectivity index is 2.20. The van der Waals surface area contributed by atoms with E-state index in [0.29, 0.717) is 0 Å². The summed E-state index contributed by atoms with van der Waals surface area (Å²) in [6.45, 7) is 5.92. The van der Waals surface area contributed by atoms with Crippen molar-refractivity contribution >= 4 is 27.5 Å². The fraction of sp³-hybridized carbons (Fsp3) is 0.294. The minimum absolute atomic E-state index is 0.751. The molecule has 2 rings (SSSR count). The molecule has 2 nitrogen and oxygen atoms in total. The van der Waals surface area contributed by atoms with Crippen LogP contribution in [0.5, 0.6) is 11.5 Å². The van der Waals surface area contributed by atoms with Gasteiger partial charge in [0.05, 0.1) is 0 Å². The van der Waals surface area contributed by atoms with Gasteiger partial charge in [0, 0.05) is 21.6 Å². The molecule has 0 heterocycles. The highest BCUT2D eigenvalue weighted by Crippen LogP contribution is 2.30. The van der Waals surface area contributed by atoms with Crippen molar-refractivity contribution in [1.82, 2.24) is 5.32 Å². The molecule has 0 atom stereocenters. The van der Waals surface area contributed by atoms with Gasteiger partial charge in [-0.15, -0.1) is 0 Å². The SMILES string of the molecule is CCCNCc1ccc(Br)cc1Oc1ccc(Cl)c(C)c1. The third-order valence-corrected chi connectivity index (χ3v) is 4.05. The maximum absolute atomic E-state index is 6.05. The molecule has 4 heteroatoms. The van der Waals surface area contributed by atoms with E-state index in [2.05, 4.69) is 34.2 Å². The summed E-state index contributed by atoms with van der Waals surface area (Å²) < 4.78 is 7.03. The van der Waals surface area contributed by atoms with Gasteiger partial charge >= 0.3 is 0 Å². The molecule has 0 saturated carbocycles. The van der Waals surface area contributed by atoms with Gasteiger partial charge in [0.15, 0.2) is 0 Å². The van der Waals surface area contributed by atoms with Crippen molar-refractivity contribution in [1.29, 1.82) is 0 Å². The zero-order chi connectivity index (χ0) is 15.2. The number of benzene rings is 2. The number of rotatable bonds is 6. The lowest BCUT2D eigenvalue weighted by molar-refractivity contribution is 0.472. The maximum Gasteiger partial charge on any atom is 0.133 e. The van der Waals surface area contributed by atoms with Crippen LogP contribution in [0.25, 0.3) is 0 Å². The molecule has 0 unspecified atom stereocenters. The van der Waals surface area contributed by atoms with Gasteiger partial charge in [-0.2, -0.15) is 0 Å². The van der Waals surface area contributed by atoms with E-state index in [9.17, 15) is 0 Å². The summed E-state index contributed by atoms with van der Waals surface area (Å²) in [4.78, 5) is 0. The smallest absolute Gasteiger partial charge is 0.133 e. The van der Waals surface area contributed by atoms with Gasteiger partial charge in [0.2, 0.25) is 0 Å². The summed E-state index contributed by atoms with van der Waals surface area (Å²) in [5, 5.41) is 4.15. The quantitative estimate of drug-likeness (QED) is 0.660. The van der Waals surface area contributed by atoms with Crippen LogP contribution in [0, 0.1) is 6.92 Å². The van der Waals surface area contributed by atoms with Crippen LogP contribution < -0.4 is 10.1 Å². The first-order valence-corrected chi connectivity index (χ1v) is 8.20. The second-order valence-electron chi connectivity index (χ2n) is 4.94. The van der Waals surface area contributed by atoms with Crippen LogP contribution in [0.2, 0.25) is 5.02 Å². The van der Waals surface area contributed by atoms with Gasteiger partial charge in [-0.05, 0) is 55.8 Å². The summed E-state index contributed by atoms with van der Waals surface area (Å²) in [5.74, 6) is 1.65. The van der Waals surface area contributed by atoms with Crippen LogP contribution in [-0.2, 0) is 6.54 Å². The Bertz CT molecular complexity index is 616. The maximum atomic E-state index is 6.05. The Labute approximate surface area is 139 Å². The Morgan fingerprint density at radius 2 is 2.00 bits per heavy atom. The van der Waals surface area contributed by atoms with Crippen molar-refractivity contribution in [2.45, 2.75) is 26.8 Å². The molecule has 1 N–H and O–H groups in total. The van der Waals surface area contributed by atoms with E-state index in [0.717, 1.165) is 51.6 Å². The van der Waals surface area contributed by atoms with E-state index in [1.165, 1.54) is 0 Å². The Kier molecular flexibility index (Phi) is 6.09. The highest BCUT2D eigenvalue weighted by Gasteiger charge is 2.07. The van der Waals surface area contributed by atoms with Gasteiger partial charge in [0.1, 0.15) is 11.5 Å². The predicted octanol–water partition coefficient (Wildman–Crippen LogP) is 5.70. The molecule has 0 aliphatic carbocycles. The molecule has 0 radical (unpaired) electrons. The average molecular weight is 369 g/mol. The Morgan fingerprint density at radius 1 is 1.19 bits per heavy atom. The first kappa shape index (κ1) is 16.3. The minimum atomic E-state index is 0.751. The van der Waals surface area contributed by atoms with Crippen molar-refractivity contribution in [2.75, 3.05) is 6.54 Å². The molecule has 0 spiro atoms. The lowest BCUT2D eigenvalue weighted by atomic mass is 10.2. The zero-order valence-corrected chi connectivity index (χ0v) is 14.6. The molecule has 0 amide bonds. The number of hydrogen-bond acceptors (Lipinski definition) is 2. The van der Waals surface area contributed by atoms with E-state index < -0.39 is 0 Å². The van der Waals surface area contributed by atoms with Gasteiger partial charge in [-0.25, -0.2) is 0 Å². The molecule has 0 aliphatic heterocycles. The summed E-state index contributed by atoms with van der Waals surface area (Å²) >= 11 is 9.55.